The SMILES string of the molecule is Cc1ccccc1CCCC(=O)Nc1ccc(C(=O)CN2CCN(C)CC2)cc1. The van der Waals surface area contributed by atoms with Gasteiger partial charge in [-0.15, -0.1) is 0 Å². The summed E-state index contributed by atoms with van der Waals surface area (Å²) in [5.41, 5.74) is 4.00. The van der Waals surface area contributed by atoms with E-state index in [1.807, 2.05) is 24.3 Å². The van der Waals surface area contributed by atoms with Crippen LogP contribution in [0.15, 0.2) is 48.5 Å². The molecule has 0 spiro atoms. The molecule has 1 saturated heterocycles. The van der Waals surface area contributed by atoms with Gasteiger partial charge in [0, 0.05) is 43.9 Å². The Bertz CT molecular complexity index is 824. The number of carbonyl (C=O) groups is 2. The number of rotatable bonds is 8. The van der Waals surface area contributed by atoms with Gasteiger partial charge in [-0.2, -0.15) is 0 Å². The number of hydrogen-bond acceptors (Lipinski definition) is 4. The molecular formula is C24H31N3O2. The van der Waals surface area contributed by atoms with Crippen molar-refractivity contribution < 1.29 is 9.59 Å². The monoisotopic (exact) mass is 393 g/mol. The van der Waals surface area contributed by atoms with E-state index in [1.54, 1.807) is 12.1 Å². The Hall–Kier alpha value is -2.50. The van der Waals surface area contributed by atoms with E-state index in [2.05, 4.69) is 41.2 Å². The Kier molecular flexibility index (Phi) is 7.55. The number of likely N-dealkylation sites (N-methyl/N-ethyl adjacent to an activating group) is 1. The zero-order valence-corrected chi connectivity index (χ0v) is 17.5. The molecule has 0 radical (unpaired) electrons. The zero-order valence-electron chi connectivity index (χ0n) is 17.5. The fourth-order valence-electron chi connectivity index (χ4n) is 3.59. The van der Waals surface area contributed by atoms with Gasteiger partial charge in [0.2, 0.25) is 5.91 Å². The van der Waals surface area contributed by atoms with E-state index in [0.717, 1.165) is 44.7 Å². The number of ketones is 1. The van der Waals surface area contributed by atoms with Crippen molar-refractivity contribution in [3.63, 3.8) is 0 Å². The topological polar surface area (TPSA) is 52.7 Å². The zero-order chi connectivity index (χ0) is 20.6. The predicted octanol–water partition coefficient (Wildman–Crippen LogP) is 3.39. The lowest BCUT2D eigenvalue weighted by Crippen LogP contribution is -2.46. The molecule has 1 N–H and O–H groups in total. The minimum Gasteiger partial charge on any atom is -0.326 e. The fourth-order valence-corrected chi connectivity index (χ4v) is 3.59. The van der Waals surface area contributed by atoms with Gasteiger partial charge in [-0.3, -0.25) is 14.5 Å². The van der Waals surface area contributed by atoms with Crippen molar-refractivity contribution in [1.29, 1.82) is 0 Å². The van der Waals surface area contributed by atoms with E-state index < -0.39 is 0 Å². The van der Waals surface area contributed by atoms with Crippen LogP contribution in [-0.4, -0.2) is 61.3 Å². The first-order valence-corrected chi connectivity index (χ1v) is 10.4. The summed E-state index contributed by atoms with van der Waals surface area (Å²) in [6, 6.07) is 15.5. The van der Waals surface area contributed by atoms with Gasteiger partial charge in [-0.25, -0.2) is 0 Å². The molecule has 2 aromatic rings. The standard InChI is InChI=1S/C24H31N3O2/c1-19-6-3-4-7-20(19)8-5-9-24(29)25-22-12-10-21(11-13-22)23(28)18-27-16-14-26(2)15-17-27/h3-4,6-7,10-13H,5,8-9,14-18H2,1-2H3,(H,25,29). The smallest absolute Gasteiger partial charge is 0.224 e. The van der Waals surface area contributed by atoms with Crippen molar-refractivity contribution in [3.05, 3.63) is 65.2 Å². The van der Waals surface area contributed by atoms with Crippen molar-refractivity contribution >= 4 is 17.4 Å². The van der Waals surface area contributed by atoms with Gasteiger partial charge >= 0.3 is 0 Å². The summed E-state index contributed by atoms with van der Waals surface area (Å²) in [6.45, 7) is 6.42. The quantitative estimate of drug-likeness (QED) is 0.699. The van der Waals surface area contributed by atoms with Crippen molar-refractivity contribution in [2.45, 2.75) is 26.2 Å². The second-order valence-corrected chi connectivity index (χ2v) is 7.91. The molecule has 1 heterocycles. The number of nitrogens with one attached hydrogen (secondary N) is 1. The number of aryl methyl sites for hydroxylation is 2. The van der Waals surface area contributed by atoms with Crippen LogP contribution in [0.1, 0.15) is 34.3 Å². The number of benzene rings is 2. The van der Waals surface area contributed by atoms with E-state index in [-0.39, 0.29) is 11.7 Å². The summed E-state index contributed by atoms with van der Waals surface area (Å²) in [5.74, 6) is 0.140. The number of carbonyl (C=O) groups excluding carboxylic acids is 2. The summed E-state index contributed by atoms with van der Waals surface area (Å²) in [5, 5.41) is 2.93. The molecule has 3 rings (SSSR count). The highest BCUT2D eigenvalue weighted by molar-refractivity contribution is 5.98. The van der Waals surface area contributed by atoms with Crippen LogP contribution in [0.4, 0.5) is 5.69 Å². The lowest BCUT2D eigenvalue weighted by atomic mass is 10.0. The van der Waals surface area contributed by atoms with Gasteiger partial charge in [-0.05, 0) is 62.2 Å². The van der Waals surface area contributed by atoms with E-state index in [1.165, 1.54) is 11.1 Å². The normalized spacial score (nSPS) is 15.2. The van der Waals surface area contributed by atoms with Crippen LogP contribution < -0.4 is 5.32 Å². The van der Waals surface area contributed by atoms with Crippen LogP contribution in [0, 0.1) is 6.92 Å². The number of anilines is 1. The third-order valence-corrected chi connectivity index (χ3v) is 5.56. The van der Waals surface area contributed by atoms with Crippen molar-refractivity contribution in [1.82, 2.24) is 9.80 Å². The third kappa shape index (κ3) is 6.51. The first-order chi connectivity index (χ1) is 14.0. The van der Waals surface area contributed by atoms with Crippen LogP contribution in [0.25, 0.3) is 0 Å². The number of hydrogen-bond donors (Lipinski definition) is 1. The van der Waals surface area contributed by atoms with Crippen LogP contribution >= 0.6 is 0 Å². The lowest BCUT2D eigenvalue weighted by Gasteiger charge is -2.31. The highest BCUT2D eigenvalue weighted by Gasteiger charge is 2.17. The van der Waals surface area contributed by atoms with Crippen LogP contribution in [0.5, 0.6) is 0 Å². The highest BCUT2D eigenvalue weighted by Crippen LogP contribution is 2.14. The summed E-state index contributed by atoms with van der Waals surface area (Å²) in [7, 11) is 2.11. The Morgan fingerprint density at radius 1 is 0.966 bits per heavy atom. The van der Waals surface area contributed by atoms with Gasteiger partial charge in [0.25, 0.3) is 0 Å². The maximum absolute atomic E-state index is 12.5. The molecule has 0 aromatic heterocycles. The Labute approximate surface area is 173 Å². The maximum atomic E-state index is 12.5. The molecular weight excluding hydrogens is 362 g/mol. The van der Waals surface area contributed by atoms with Gasteiger partial charge < -0.3 is 10.2 Å². The molecule has 1 aliphatic heterocycles. The first kappa shape index (κ1) is 21.2. The minimum atomic E-state index is 0.00935. The minimum absolute atomic E-state index is 0.00935. The molecule has 0 atom stereocenters. The average Bonchev–Trinajstić information content (AvgIpc) is 2.71. The molecule has 0 aliphatic carbocycles. The number of Topliss-reactive ketones (excluding diaryl/α,β-unsaturated/α-hetero) is 1. The van der Waals surface area contributed by atoms with Crippen LogP contribution in [-0.2, 0) is 11.2 Å². The van der Waals surface area contributed by atoms with E-state index in [4.69, 9.17) is 0 Å². The molecule has 0 bridgehead atoms. The molecule has 5 nitrogen and oxygen atoms in total. The number of nitrogens with zero attached hydrogens (tertiary/aromatic N) is 2. The molecule has 154 valence electrons. The molecule has 1 fully saturated rings. The largest absolute Gasteiger partial charge is 0.326 e. The molecule has 2 aromatic carbocycles. The highest BCUT2D eigenvalue weighted by atomic mass is 16.1. The van der Waals surface area contributed by atoms with Crippen molar-refractivity contribution in [2.24, 2.45) is 0 Å². The van der Waals surface area contributed by atoms with Crippen molar-refractivity contribution in [3.8, 4) is 0 Å². The van der Waals surface area contributed by atoms with Gasteiger partial charge in [0.15, 0.2) is 5.78 Å². The Balaban J connectivity index is 1.43. The van der Waals surface area contributed by atoms with Gasteiger partial charge in [0.05, 0.1) is 6.54 Å². The summed E-state index contributed by atoms with van der Waals surface area (Å²) >= 11 is 0. The number of amides is 1. The Morgan fingerprint density at radius 3 is 2.34 bits per heavy atom. The van der Waals surface area contributed by atoms with E-state index in [9.17, 15) is 9.59 Å². The summed E-state index contributed by atoms with van der Waals surface area (Å²) in [4.78, 5) is 29.2. The fraction of sp³-hybridized carbons (Fsp3) is 0.417. The summed E-state index contributed by atoms with van der Waals surface area (Å²) < 4.78 is 0. The molecule has 0 unspecified atom stereocenters. The third-order valence-electron chi connectivity index (χ3n) is 5.56. The maximum Gasteiger partial charge on any atom is 0.224 e. The van der Waals surface area contributed by atoms with Gasteiger partial charge in [-0.1, -0.05) is 24.3 Å². The molecule has 29 heavy (non-hydrogen) atoms. The van der Waals surface area contributed by atoms with Gasteiger partial charge in [0.1, 0.15) is 0 Å². The molecule has 5 heteroatoms. The van der Waals surface area contributed by atoms with Crippen molar-refractivity contribution in [2.75, 3.05) is 45.1 Å². The molecule has 0 saturated carbocycles. The molecule has 1 aliphatic rings. The van der Waals surface area contributed by atoms with E-state index >= 15 is 0 Å². The average molecular weight is 394 g/mol. The second-order valence-electron chi connectivity index (χ2n) is 7.91. The Morgan fingerprint density at radius 2 is 1.66 bits per heavy atom. The van der Waals surface area contributed by atoms with Crippen LogP contribution in [0.2, 0.25) is 0 Å². The lowest BCUT2D eigenvalue weighted by molar-refractivity contribution is -0.116. The predicted molar refractivity (Wildman–Crippen MR) is 117 cm³/mol. The van der Waals surface area contributed by atoms with Crippen LogP contribution in [0.3, 0.4) is 0 Å². The number of piperazine rings is 1. The first-order valence-electron chi connectivity index (χ1n) is 10.4. The summed E-state index contributed by atoms with van der Waals surface area (Å²) in [6.07, 6.45) is 2.20. The molecule has 1 amide bonds. The van der Waals surface area contributed by atoms with E-state index in [0.29, 0.717) is 18.5 Å². The second kappa shape index (κ2) is 10.3.